The average Bonchev–Trinajstić information content (AvgIpc) is 2.77. The maximum atomic E-state index is 10.1. The molecule has 0 aliphatic rings. The highest BCUT2D eigenvalue weighted by Gasteiger charge is 2.02. The summed E-state index contributed by atoms with van der Waals surface area (Å²) < 4.78 is 11.1. The maximum Gasteiger partial charge on any atom is 0.505 e. The quantitative estimate of drug-likeness (QED) is 0.725. The SMILES string of the molecule is O=[S+]c1ccc(Br)cc1.c1ccsc1. The van der Waals surface area contributed by atoms with E-state index in [1.807, 2.05) is 35.0 Å². The summed E-state index contributed by atoms with van der Waals surface area (Å²) in [6, 6.07) is 11.3. The Morgan fingerprint density at radius 2 is 1.64 bits per heavy atom. The number of halogens is 1. The Morgan fingerprint density at radius 1 is 1.07 bits per heavy atom. The third-order valence-electron chi connectivity index (χ3n) is 1.34. The Labute approximate surface area is 99.4 Å². The molecular formula is C10H8BrOS2+. The molecular weight excluding hydrogens is 280 g/mol. The van der Waals surface area contributed by atoms with Gasteiger partial charge in [-0.25, -0.2) is 0 Å². The van der Waals surface area contributed by atoms with Gasteiger partial charge >= 0.3 is 11.7 Å². The molecule has 0 aliphatic heterocycles. The summed E-state index contributed by atoms with van der Waals surface area (Å²) in [6.45, 7) is 0. The van der Waals surface area contributed by atoms with Crippen LogP contribution in [0.15, 0.2) is 56.5 Å². The van der Waals surface area contributed by atoms with E-state index in [-0.39, 0.29) is 0 Å². The van der Waals surface area contributed by atoms with Gasteiger partial charge in [0.1, 0.15) is 0 Å². The third kappa shape index (κ3) is 4.60. The molecule has 0 saturated heterocycles. The van der Waals surface area contributed by atoms with Gasteiger partial charge in [-0.15, -0.1) is 0 Å². The van der Waals surface area contributed by atoms with Crippen LogP contribution in [0.1, 0.15) is 0 Å². The molecule has 14 heavy (non-hydrogen) atoms. The summed E-state index contributed by atoms with van der Waals surface area (Å²) >= 11 is 5.48. The zero-order chi connectivity index (χ0) is 10.2. The van der Waals surface area contributed by atoms with Crippen molar-refractivity contribution in [3.63, 3.8) is 0 Å². The number of rotatable bonds is 1. The van der Waals surface area contributed by atoms with Gasteiger partial charge in [-0.2, -0.15) is 11.3 Å². The van der Waals surface area contributed by atoms with Gasteiger partial charge in [0.2, 0.25) is 0 Å². The first-order valence-electron chi connectivity index (χ1n) is 3.85. The van der Waals surface area contributed by atoms with Crippen LogP contribution in [0.25, 0.3) is 0 Å². The molecule has 1 aromatic heterocycles. The first-order valence-corrected chi connectivity index (χ1v) is 6.33. The van der Waals surface area contributed by atoms with E-state index < -0.39 is 0 Å². The van der Waals surface area contributed by atoms with E-state index in [4.69, 9.17) is 0 Å². The fraction of sp³-hybridized carbons (Fsp3) is 0. The Bertz CT molecular complexity index is 339. The fourth-order valence-corrected chi connectivity index (χ4v) is 1.68. The summed E-state index contributed by atoms with van der Waals surface area (Å²) in [5, 5.41) is 4.08. The molecule has 0 spiro atoms. The standard InChI is InChI=1S/C6H4BrOS.C4H4S/c7-5-1-3-6(9-8)4-2-5;1-2-4-5-3-1/h1-4H;1-4H/q+1;. The Hall–Kier alpha value is -0.580. The lowest BCUT2D eigenvalue weighted by molar-refractivity contribution is 0.605. The van der Waals surface area contributed by atoms with E-state index in [1.165, 1.54) is 0 Å². The second-order valence-corrected chi connectivity index (χ2v) is 4.70. The predicted molar refractivity (Wildman–Crippen MR) is 64.8 cm³/mol. The van der Waals surface area contributed by atoms with Gasteiger partial charge in [0.15, 0.2) is 0 Å². The van der Waals surface area contributed by atoms with Gasteiger partial charge in [-0.3, -0.25) is 0 Å². The van der Waals surface area contributed by atoms with Gasteiger partial charge in [0.05, 0.1) is 0 Å². The molecule has 2 aromatic rings. The van der Waals surface area contributed by atoms with E-state index in [1.54, 1.807) is 23.5 Å². The Morgan fingerprint density at radius 3 is 2.00 bits per heavy atom. The molecule has 1 nitrogen and oxygen atoms in total. The smallest absolute Gasteiger partial charge is 0.152 e. The highest BCUT2D eigenvalue weighted by molar-refractivity contribution is 9.10. The van der Waals surface area contributed by atoms with Crippen LogP contribution >= 0.6 is 27.3 Å². The van der Waals surface area contributed by atoms with E-state index >= 15 is 0 Å². The van der Waals surface area contributed by atoms with Gasteiger partial charge in [-0.1, -0.05) is 28.1 Å². The molecule has 0 fully saturated rings. The van der Waals surface area contributed by atoms with Crippen molar-refractivity contribution in [3.05, 3.63) is 51.6 Å². The predicted octanol–water partition coefficient (Wildman–Crippen LogP) is 3.98. The minimum absolute atomic E-state index is 0.507. The van der Waals surface area contributed by atoms with Gasteiger partial charge in [0, 0.05) is 20.8 Å². The average molecular weight is 288 g/mol. The summed E-state index contributed by atoms with van der Waals surface area (Å²) in [4.78, 5) is 0.748. The molecule has 0 aliphatic carbocycles. The highest BCUT2D eigenvalue weighted by Crippen LogP contribution is 2.09. The summed E-state index contributed by atoms with van der Waals surface area (Å²) in [5.74, 6) is 0. The monoisotopic (exact) mass is 287 g/mol. The molecule has 0 unspecified atom stereocenters. The van der Waals surface area contributed by atoms with Crippen molar-refractivity contribution in [2.75, 3.05) is 0 Å². The van der Waals surface area contributed by atoms with E-state index in [9.17, 15) is 4.21 Å². The highest BCUT2D eigenvalue weighted by atomic mass is 79.9. The van der Waals surface area contributed by atoms with Crippen molar-refractivity contribution in [2.24, 2.45) is 0 Å². The summed E-state index contributed by atoms with van der Waals surface area (Å²) in [5.41, 5.74) is 0. The fourth-order valence-electron chi connectivity index (χ4n) is 0.717. The van der Waals surface area contributed by atoms with Crippen LogP contribution in [0.5, 0.6) is 0 Å². The van der Waals surface area contributed by atoms with Gasteiger partial charge in [-0.05, 0) is 22.9 Å². The topological polar surface area (TPSA) is 17.1 Å². The van der Waals surface area contributed by atoms with Crippen LogP contribution in [0.4, 0.5) is 0 Å². The van der Waals surface area contributed by atoms with Crippen molar-refractivity contribution in [1.29, 1.82) is 0 Å². The van der Waals surface area contributed by atoms with Crippen LogP contribution in [0, 0.1) is 0 Å². The molecule has 2 rings (SSSR count). The molecule has 0 bridgehead atoms. The molecule has 0 atom stereocenters. The second-order valence-electron chi connectivity index (χ2n) is 2.33. The largest absolute Gasteiger partial charge is 0.505 e. The first kappa shape index (κ1) is 11.5. The van der Waals surface area contributed by atoms with Gasteiger partial charge < -0.3 is 0 Å². The number of hydrogen-bond acceptors (Lipinski definition) is 2. The van der Waals surface area contributed by atoms with Crippen LogP contribution in [-0.2, 0) is 15.9 Å². The normalized spacial score (nSPS) is 8.64. The molecule has 0 saturated carbocycles. The first-order chi connectivity index (χ1) is 6.83. The van der Waals surface area contributed by atoms with Crippen LogP contribution in [0.3, 0.4) is 0 Å². The third-order valence-corrected chi connectivity index (χ3v) is 2.96. The van der Waals surface area contributed by atoms with Crippen molar-refractivity contribution >= 4 is 38.9 Å². The minimum atomic E-state index is 0.507. The molecule has 4 heteroatoms. The van der Waals surface area contributed by atoms with E-state index in [0.717, 1.165) is 9.37 Å². The number of benzene rings is 1. The Balaban J connectivity index is 0.000000165. The summed E-state index contributed by atoms with van der Waals surface area (Å²) in [6.07, 6.45) is 0. The lowest BCUT2D eigenvalue weighted by atomic mass is 10.4. The lowest BCUT2D eigenvalue weighted by Gasteiger charge is -1.80. The van der Waals surface area contributed by atoms with Crippen LogP contribution in [0.2, 0.25) is 0 Å². The number of hydrogen-bond donors (Lipinski definition) is 0. The second kappa shape index (κ2) is 6.81. The molecule has 1 aromatic carbocycles. The minimum Gasteiger partial charge on any atom is -0.152 e. The lowest BCUT2D eigenvalue weighted by Crippen LogP contribution is -1.69. The van der Waals surface area contributed by atoms with Crippen LogP contribution < -0.4 is 0 Å². The van der Waals surface area contributed by atoms with Crippen LogP contribution in [-0.4, -0.2) is 0 Å². The summed E-state index contributed by atoms with van der Waals surface area (Å²) in [7, 11) is 0. The number of thiophene rings is 1. The van der Waals surface area contributed by atoms with E-state index in [0.29, 0.717) is 11.7 Å². The molecule has 0 amide bonds. The Kier molecular flexibility index (Phi) is 5.59. The molecule has 0 radical (unpaired) electrons. The zero-order valence-corrected chi connectivity index (χ0v) is 10.4. The van der Waals surface area contributed by atoms with Gasteiger partial charge in [0.25, 0.3) is 4.90 Å². The van der Waals surface area contributed by atoms with Crippen molar-refractivity contribution in [1.82, 2.24) is 0 Å². The van der Waals surface area contributed by atoms with Crippen molar-refractivity contribution in [3.8, 4) is 0 Å². The molecule has 72 valence electrons. The van der Waals surface area contributed by atoms with Crippen molar-refractivity contribution < 1.29 is 4.21 Å². The van der Waals surface area contributed by atoms with E-state index in [2.05, 4.69) is 15.9 Å². The molecule has 1 heterocycles. The van der Waals surface area contributed by atoms with Crippen molar-refractivity contribution in [2.45, 2.75) is 4.90 Å². The maximum absolute atomic E-state index is 10.1. The molecule has 0 N–H and O–H groups in total. The zero-order valence-electron chi connectivity index (χ0n) is 7.22.